The predicted octanol–water partition coefficient (Wildman–Crippen LogP) is 3.36. The molecule has 0 aliphatic rings. The number of hydrogen-bond donors (Lipinski definition) is 0. The van der Waals surface area contributed by atoms with Crippen molar-refractivity contribution in [1.29, 1.82) is 0 Å². The number of aliphatic imine (C=N–C) groups is 1. The molecule has 0 radical (unpaired) electrons. The molecule has 0 saturated heterocycles. The second-order valence-corrected chi connectivity index (χ2v) is 5.78. The first-order chi connectivity index (χ1) is 8.79. The molecule has 0 N–H and O–H groups in total. The van der Waals surface area contributed by atoms with Gasteiger partial charge in [-0.3, -0.25) is 4.99 Å². The van der Waals surface area contributed by atoms with Crippen LogP contribution in [0.25, 0.3) is 11.6 Å². The van der Waals surface area contributed by atoms with E-state index >= 15 is 0 Å². The van der Waals surface area contributed by atoms with E-state index < -0.39 is 0 Å². The average Bonchev–Trinajstić information content (AvgIpc) is 3.03. The molecular weight excluding hydrogens is 266 g/mol. The second-order valence-electron chi connectivity index (χ2n) is 3.74. The van der Waals surface area contributed by atoms with Crippen molar-refractivity contribution in [3.63, 3.8) is 0 Å². The quantitative estimate of drug-likeness (QED) is 0.762. The fraction of sp³-hybridized carbons (Fsp3) is 0.417. The Morgan fingerprint density at radius 2 is 2.50 bits per heavy atom. The largest absolute Gasteiger partial charge is 0.443 e. The molecule has 0 aliphatic heterocycles. The topological polar surface area (TPSA) is 51.3 Å². The highest BCUT2D eigenvalue weighted by atomic mass is 32.2. The first-order valence-electron chi connectivity index (χ1n) is 5.74. The van der Waals surface area contributed by atoms with Crippen LogP contribution in [0.1, 0.15) is 19.5 Å². The van der Waals surface area contributed by atoms with Gasteiger partial charge < -0.3 is 4.42 Å². The molecule has 18 heavy (non-hydrogen) atoms. The fourth-order valence-electron chi connectivity index (χ4n) is 1.32. The maximum atomic E-state index is 5.36. The monoisotopic (exact) mass is 281 g/mol. The maximum Gasteiger partial charge on any atom is 0.246 e. The van der Waals surface area contributed by atoms with E-state index in [1.165, 1.54) is 11.3 Å². The van der Waals surface area contributed by atoms with E-state index in [-0.39, 0.29) is 0 Å². The summed E-state index contributed by atoms with van der Waals surface area (Å²) in [6.07, 6.45) is 3.37. The number of nitrogens with zero attached hydrogens (tertiary/aromatic N) is 3. The molecule has 0 aromatic carbocycles. The Kier molecular flexibility index (Phi) is 4.95. The summed E-state index contributed by atoms with van der Waals surface area (Å²) in [6.45, 7) is 4.25. The third kappa shape index (κ3) is 3.68. The van der Waals surface area contributed by atoms with Gasteiger partial charge in [0.15, 0.2) is 0 Å². The third-order valence-corrected chi connectivity index (χ3v) is 3.91. The van der Waals surface area contributed by atoms with Crippen LogP contribution in [0.2, 0.25) is 0 Å². The van der Waals surface area contributed by atoms with E-state index in [4.69, 9.17) is 4.42 Å². The normalized spacial score (nSPS) is 13.2. The van der Waals surface area contributed by atoms with Crippen LogP contribution in [0, 0.1) is 0 Å². The maximum absolute atomic E-state index is 5.36. The number of thiazole rings is 1. The zero-order valence-corrected chi connectivity index (χ0v) is 12.0. The summed E-state index contributed by atoms with van der Waals surface area (Å²) < 4.78 is 5.36. The van der Waals surface area contributed by atoms with Crippen molar-refractivity contribution in [3.05, 3.63) is 22.8 Å². The molecule has 1 unspecified atom stereocenters. The molecule has 0 bridgehead atoms. The summed E-state index contributed by atoms with van der Waals surface area (Å²) in [5.74, 6) is 2.70. The predicted molar refractivity (Wildman–Crippen MR) is 77.7 cm³/mol. The lowest BCUT2D eigenvalue weighted by Gasteiger charge is -2.02. The van der Waals surface area contributed by atoms with Gasteiger partial charge in [0.2, 0.25) is 5.89 Å². The standard InChI is InChI=1S/C12H15N3OS2/c1-3-17-6-9(2)13-4-10-5-16-12(15-10)11-7-18-8-14-11/h4-5,7-9H,3,6H2,1-2H3/b13-4+. The summed E-state index contributed by atoms with van der Waals surface area (Å²) in [4.78, 5) is 12.9. The first kappa shape index (κ1) is 13.3. The average molecular weight is 281 g/mol. The summed E-state index contributed by atoms with van der Waals surface area (Å²) in [5.41, 5.74) is 3.28. The molecule has 2 heterocycles. The van der Waals surface area contributed by atoms with Gasteiger partial charge in [-0.2, -0.15) is 11.8 Å². The fourth-order valence-corrected chi connectivity index (χ4v) is 2.51. The highest BCUT2D eigenvalue weighted by molar-refractivity contribution is 7.99. The number of thioether (sulfide) groups is 1. The molecule has 1 atom stereocenters. The van der Waals surface area contributed by atoms with Gasteiger partial charge in [-0.05, 0) is 12.7 Å². The molecule has 0 aliphatic carbocycles. The minimum Gasteiger partial charge on any atom is -0.443 e. The molecule has 0 spiro atoms. The molecule has 6 heteroatoms. The number of rotatable bonds is 6. The van der Waals surface area contributed by atoms with E-state index in [1.54, 1.807) is 18.0 Å². The minimum absolute atomic E-state index is 0.300. The van der Waals surface area contributed by atoms with Gasteiger partial charge in [0.25, 0.3) is 0 Å². The van der Waals surface area contributed by atoms with E-state index in [0.29, 0.717) is 11.9 Å². The molecule has 96 valence electrons. The molecule has 2 aromatic rings. The van der Waals surface area contributed by atoms with Crippen molar-refractivity contribution >= 4 is 29.3 Å². The van der Waals surface area contributed by atoms with Crippen LogP contribution >= 0.6 is 23.1 Å². The van der Waals surface area contributed by atoms with Gasteiger partial charge in [0, 0.05) is 11.1 Å². The molecule has 0 saturated carbocycles. The molecule has 2 aromatic heterocycles. The molecule has 0 fully saturated rings. The minimum atomic E-state index is 0.300. The molecule has 4 nitrogen and oxygen atoms in total. The van der Waals surface area contributed by atoms with Crippen LogP contribution in [0.3, 0.4) is 0 Å². The van der Waals surface area contributed by atoms with Gasteiger partial charge in [0.05, 0.1) is 17.8 Å². The zero-order valence-electron chi connectivity index (χ0n) is 10.4. The summed E-state index contributed by atoms with van der Waals surface area (Å²) in [7, 11) is 0. The molecular formula is C12H15N3OS2. The Hall–Kier alpha value is -1.14. The lowest BCUT2D eigenvalue weighted by atomic mass is 10.4. The van der Waals surface area contributed by atoms with Gasteiger partial charge in [-0.1, -0.05) is 6.92 Å². The summed E-state index contributed by atoms with van der Waals surface area (Å²) >= 11 is 3.41. The van der Waals surface area contributed by atoms with Crippen molar-refractivity contribution in [1.82, 2.24) is 9.97 Å². The Morgan fingerprint density at radius 3 is 3.22 bits per heavy atom. The van der Waals surface area contributed by atoms with Gasteiger partial charge in [-0.15, -0.1) is 11.3 Å². The van der Waals surface area contributed by atoms with E-state index in [2.05, 4.69) is 28.8 Å². The molecule has 0 amide bonds. The van der Waals surface area contributed by atoms with Crippen molar-refractivity contribution in [2.24, 2.45) is 4.99 Å². The van der Waals surface area contributed by atoms with Crippen LogP contribution < -0.4 is 0 Å². The van der Waals surface area contributed by atoms with E-state index in [0.717, 1.165) is 22.9 Å². The van der Waals surface area contributed by atoms with Crippen LogP contribution in [-0.4, -0.2) is 33.7 Å². The smallest absolute Gasteiger partial charge is 0.246 e. The van der Waals surface area contributed by atoms with Gasteiger partial charge >= 0.3 is 0 Å². The number of aromatic nitrogens is 2. The summed E-state index contributed by atoms with van der Waals surface area (Å²) in [5, 5.41) is 1.91. The Morgan fingerprint density at radius 1 is 1.61 bits per heavy atom. The lowest BCUT2D eigenvalue weighted by molar-refractivity contribution is 0.572. The Balaban J connectivity index is 1.96. The van der Waals surface area contributed by atoms with E-state index in [9.17, 15) is 0 Å². The SMILES string of the molecule is CCSCC(C)/N=C/c1coc(-c2cscn2)n1. The van der Waals surface area contributed by atoms with Crippen molar-refractivity contribution in [3.8, 4) is 11.6 Å². The molecule has 2 rings (SSSR count). The van der Waals surface area contributed by atoms with Gasteiger partial charge in [0.1, 0.15) is 17.7 Å². The zero-order chi connectivity index (χ0) is 12.8. The van der Waals surface area contributed by atoms with Crippen molar-refractivity contribution in [2.45, 2.75) is 19.9 Å². The highest BCUT2D eigenvalue weighted by Gasteiger charge is 2.07. The lowest BCUT2D eigenvalue weighted by Crippen LogP contribution is -2.02. The Labute approximate surface area is 115 Å². The number of oxazole rings is 1. The first-order valence-corrected chi connectivity index (χ1v) is 7.84. The van der Waals surface area contributed by atoms with E-state index in [1.807, 2.05) is 17.1 Å². The Bertz CT molecular complexity index is 493. The van der Waals surface area contributed by atoms with Crippen molar-refractivity contribution in [2.75, 3.05) is 11.5 Å². The number of hydrogen-bond acceptors (Lipinski definition) is 6. The highest BCUT2D eigenvalue weighted by Crippen LogP contribution is 2.17. The van der Waals surface area contributed by atoms with Crippen LogP contribution in [-0.2, 0) is 0 Å². The van der Waals surface area contributed by atoms with Crippen LogP contribution in [0.4, 0.5) is 0 Å². The van der Waals surface area contributed by atoms with Crippen LogP contribution in [0.5, 0.6) is 0 Å². The second kappa shape index (κ2) is 6.70. The third-order valence-electron chi connectivity index (χ3n) is 2.20. The van der Waals surface area contributed by atoms with Gasteiger partial charge in [-0.25, -0.2) is 9.97 Å². The van der Waals surface area contributed by atoms with Crippen LogP contribution in [0.15, 0.2) is 26.6 Å². The summed E-state index contributed by atoms with van der Waals surface area (Å²) in [6, 6.07) is 0.300. The van der Waals surface area contributed by atoms with Crippen molar-refractivity contribution < 1.29 is 4.42 Å².